The van der Waals surface area contributed by atoms with E-state index < -0.39 is 5.97 Å². The maximum atomic E-state index is 12.1. The first-order chi connectivity index (χ1) is 12.7. The normalized spacial score (nSPS) is 10.2. The average Bonchev–Trinajstić information content (AvgIpc) is 3.16. The molecular formula is C20H17NO5. The number of hydrogen-bond donors (Lipinski definition) is 1. The highest BCUT2D eigenvalue weighted by atomic mass is 16.5. The van der Waals surface area contributed by atoms with Gasteiger partial charge in [-0.2, -0.15) is 0 Å². The highest BCUT2D eigenvalue weighted by molar-refractivity contribution is 6.04. The second-order valence-corrected chi connectivity index (χ2v) is 5.39. The van der Waals surface area contributed by atoms with Crippen LogP contribution in [-0.4, -0.2) is 19.0 Å². The van der Waals surface area contributed by atoms with Crippen molar-refractivity contribution >= 4 is 17.6 Å². The third kappa shape index (κ3) is 4.30. The third-order valence-corrected chi connectivity index (χ3v) is 3.58. The van der Waals surface area contributed by atoms with E-state index in [0.717, 1.165) is 0 Å². The van der Waals surface area contributed by atoms with Gasteiger partial charge in [0.15, 0.2) is 0 Å². The molecule has 0 aliphatic rings. The number of benzene rings is 2. The summed E-state index contributed by atoms with van der Waals surface area (Å²) in [5.41, 5.74) is 1.25. The quantitative estimate of drug-likeness (QED) is 0.682. The molecule has 0 aliphatic carbocycles. The Kier molecular flexibility index (Phi) is 5.34. The molecule has 0 unspecified atom stereocenters. The van der Waals surface area contributed by atoms with Crippen molar-refractivity contribution in [1.29, 1.82) is 0 Å². The first-order valence-electron chi connectivity index (χ1n) is 7.92. The third-order valence-electron chi connectivity index (χ3n) is 3.58. The molecule has 26 heavy (non-hydrogen) atoms. The predicted octanol–water partition coefficient (Wildman–Crippen LogP) is 3.90. The number of hydrogen-bond acceptors (Lipinski definition) is 5. The summed E-state index contributed by atoms with van der Waals surface area (Å²) in [4.78, 5) is 23.4. The van der Waals surface area contributed by atoms with Crippen molar-refractivity contribution < 1.29 is 23.5 Å². The van der Waals surface area contributed by atoms with Crippen LogP contribution in [0.15, 0.2) is 71.1 Å². The van der Waals surface area contributed by atoms with E-state index >= 15 is 0 Å². The maximum absolute atomic E-state index is 12.1. The molecule has 6 nitrogen and oxygen atoms in total. The van der Waals surface area contributed by atoms with E-state index in [1.54, 1.807) is 42.5 Å². The summed E-state index contributed by atoms with van der Waals surface area (Å²) in [6.07, 6.45) is 0. The van der Waals surface area contributed by atoms with Crippen LogP contribution >= 0.6 is 0 Å². The molecule has 0 saturated heterocycles. The van der Waals surface area contributed by atoms with E-state index in [2.05, 4.69) is 10.1 Å². The van der Waals surface area contributed by atoms with Crippen LogP contribution in [0, 0.1) is 0 Å². The van der Waals surface area contributed by atoms with Gasteiger partial charge in [0.05, 0.1) is 7.11 Å². The van der Waals surface area contributed by atoms with Crippen molar-refractivity contribution in [3.05, 3.63) is 83.8 Å². The lowest BCUT2D eigenvalue weighted by Gasteiger charge is -2.07. The summed E-state index contributed by atoms with van der Waals surface area (Å²) in [5.74, 6) is 0.538. The predicted molar refractivity (Wildman–Crippen MR) is 95.2 cm³/mol. The fourth-order valence-electron chi connectivity index (χ4n) is 2.25. The lowest BCUT2D eigenvalue weighted by molar-refractivity contribution is 0.0561. The summed E-state index contributed by atoms with van der Waals surface area (Å²) in [6, 6.07) is 19.1. The Hall–Kier alpha value is -3.54. The maximum Gasteiger partial charge on any atom is 0.373 e. The van der Waals surface area contributed by atoms with Gasteiger partial charge in [0.1, 0.15) is 18.1 Å². The summed E-state index contributed by atoms with van der Waals surface area (Å²) in [5, 5.41) is 2.82. The SMILES string of the molecule is COC(=O)c1ccc(COc2ccc(NC(=O)c3ccccc3)cc2)o1. The summed E-state index contributed by atoms with van der Waals surface area (Å²) < 4.78 is 15.5. The molecule has 132 valence electrons. The highest BCUT2D eigenvalue weighted by Crippen LogP contribution is 2.18. The van der Waals surface area contributed by atoms with Crippen molar-refractivity contribution in [3.8, 4) is 5.75 Å². The molecule has 1 aromatic heterocycles. The van der Waals surface area contributed by atoms with Crippen molar-refractivity contribution in [2.75, 3.05) is 12.4 Å². The van der Waals surface area contributed by atoms with E-state index in [4.69, 9.17) is 9.15 Å². The van der Waals surface area contributed by atoms with Crippen LogP contribution in [0.3, 0.4) is 0 Å². The zero-order chi connectivity index (χ0) is 18.4. The molecule has 1 amide bonds. The number of methoxy groups -OCH3 is 1. The number of amides is 1. The van der Waals surface area contributed by atoms with Gasteiger partial charge in [-0.3, -0.25) is 4.79 Å². The molecule has 6 heteroatoms. The number of carbonyl (C=O) groups is 2. The second kappa shape index (κ2) is 8.02. The van der Waals surface area contributed by atoms with E-state index in [-0.39, 0.29) is 18.3 Å². The zero-order valence-electron chi connectivity index (χ0n) is 14.1. The van der Waals surface area contributed by atoms with E-state index in [1.807, 2.05) is 18.2 Å². The van der Waals surface area contributed by atoms with Crippen LogP contribution in [0.25, 0.3) is 0 Å². The number of esters is 1. The van der Waals surface area contributed by atoms with Gasteiger partial charge in [0, 0.05) is 11.3 Å². The number of carbonyl (C=O) groups excluding carboxylic acids is 2. The van der Waals surface area contributed by atoms with Crippen molar-refractivity contribution in [2.24, 2.45) is 0 Å². The monoisotopic (exact) mass is 351 g/mol. The van der Waals surface area contributed by atoms with Gasteiger partial charge in [-0.1, -0.05) is 18.2 Å². The fourth-order valence-corrected chi connectivity index (χ4v) is 2.25. The fraction of sp³-hybridized carbons (Fsp3) is 0.100. The second-order valence-electron chi connectivity index (χ2n) is 5.39. The Morgan fingerprint density at radius 2 is 1.69 bits per heavy atom. The van der Waals surface area contributed by atoms with Crippen LogP contribution in [0.5, 0.6) is 5.75 Å². The first-order valence-corrected chi connectivity index (χ1v) is 7.92. The minimum atomic E-state index is -0.533. The number of furan rings is 1. The van der Waals surface area contributed by atoms with Crippen LogP contribution in [0.4, 0.5) is 5.69 Å². The van der Waals surface area contributed by atoms with Gasteiger partial charge in [-0.15, -0.1) is 0 Å². The minimum Gasteiger partial charge on any atom is -0.486 e. The van der Waals surface area contributed by atoms with Crippen molar-refractivity contribution in [2.45, 2.75) is 6.61 Å². The molecule has 0 radical (unpaired) electrons. The van der Waals surface area contributed by atoms with Crippen molar-refractivity contribution in [3.63, 3.8) is 0 Å². The average molecular weight is 351 g/mol. The van der Waals surface area contributed by atoms with Crippen LogP contribution < -0.4 is 10.1 Å². The Morgan fingerprint density at radius 1 is 0.962 bits per heavy atom. The number of nitrogens with one attached hydrogen (secondary N) is 1. The summed E-state index contributed by atoms with van der Waals surface area (Å²) >= 11 is 0. The molecular weight excluding hydrogens is 334 g/mol. The Morgan fingerprint density at radius 3 is 2.38 bits per heavy atom. The van der Waals surface area contributed by atoms with E-state index in [0.29, 0.717) is 22.8 Å². The van der Waals surface area contributed by atoms with Gasteiger partial charge in [-0.25, -0.2) is 4.79 Å². The molecule has 0 spiro atoms. The topological polar surface area (TPSA) is 77.8 Å². The van der Waals surface area contributed by atoms with Gasteiger partial charge >= 0.3 is 5.97 Å². The molecule has 0 aliphatic heterocycles. The Bertz CT molecular complexity index is 884. The Balaban J connectivity index is 1.55. The molecule has 0 saturated carbocycles. The van der Waals surface area contributed by atoms with Crippen LogP contribution in [0.1, 0.15) is 26.7 Å². The molecule has 0 atom stereocenters. The molecule has 0 bridgehead atoms. The molecule has 3 aromatic rings. The Labute approximate surface area is 150 Å². The van der Waals surface area contributed by atoms with E-state index in [9.17, 15) is 9.59 Å². The molecule has 0 fully saturated rings. The van der Waals surface area contributed by atoms with Gasteiger partial charge in [0.2, 0.25) is 5.76 Å². The van der Waals surface area contributed by atoms with Gasteiger partial charge < -0.3 is 19.2 Å². The van der Waals surface area contributed by atoms with Gasteiger partial charge in [-0.05, 0) is 48.5 Å². The minimum absolute atomic E-state index is 0.130. The lowest BCUT2D eigenvalue weighted by Crippen LogP contribution is -2.11. The first kappa shape index (κ1) is 17.3. The van der Waals surface area contributed by atoms with Gasteiger partial charge in [0.25, 0.3) is 5.91 Å². The number of ether oxygens (including phenoxy) is 2. The number of anilines is 1. The largest absolute Gasteiger partial charge is 0.486 e. The number of rotatable bonds is 6. The molecule has 1 N–H and O–H groups in total. The van der Waals surface area contributed by atoms with Crippen LogP contribution in [-0.2, 0) is 11.3 Å². The standard InChI is InChI=1S/C20H17NO5/c1-24-20(23)18-12-11-17(26-18)13-25-16-9-7-15(8-10-16)21-19(22)14-5-3-2-4-6-14/h2-12H,13H2,1H3,(H,21,22). The van der Waals surface area contributed by atoms with Crippen molar-refractivity contribution in [1.82, 2.24) is 0 Å². The molecule has 2 aromatic carbocycles. The zero-order valence-corrected chi connectivity index (χ0v) is 14.1. The lowest BCUT2D eigenvalue weighted by atomic mass is 10.2. The molecule has 3 rings (SSSR count). The van der Waals surface area contributed by atoms with E-state index in [1.165, 1.54) is 13.2 Å². The van der Waals surface area contributed by atoms with Crippen LogP contribution in [0.2, 0.25) is 0 Å². The smallest absolute Gasteiger partial charge is 0.373 e. The summed E-state index contributed by atoms with van der Waals surface area (Å²) in [7, 11) is 1.29. The summed E-state index contributed by atoms with van der Waals surface area (Å²) in [6.45, 7) is 0.173. The highest BCUT2D eigenvalue weighted by Gasteiger charge is 2.11. The molecule has 1 heterocycles.